The van der Waals surface area contributed by atoms with Crippen molar-refractivity contribution in [3.63, 3.8) is 0 Å². The van der Waals surface area contributed by atoms with Crippen molar-refractivity contribution in [1.29, 1.82) is 0 Å². The Kier molecular flexibility index (Phi) is 5.13. The van der Waals surface area contributed by atoms with Crippen LogP contribution in [-0.2, 0) is 12.8 Å². The van der Waals surface area contributed by atoms with Crippen molar-refractivity contribution in [2.24, 2.45) is 0 Å². The third kappa shape index (κ3) is 4.01. The van der Waals surface area contributed by atoms with Gasteiger partial charge in [-0.05, 0) is 29.3 Å². The predicted octanol–water partition coefficient (Wildman–Crippen LogP) is 4.53. The molecule has 0 aliphatic carbocycles. The second-order valence-corrected chi connectivity index (χ2v) is 5.86. The predicted molar refractivity (Wildman–Crippen MR) is 78.9 cm³/mol. The van der Waals surface area contributed by atoms with Gasteiger partial charge >= 0.3 is 0 Å². The third-order valence-electron chi connectivity index (χ3n) is 2.94. The van der Waals surface area contributed by atoms with Gasteiger partial charge < -0.3 is 5.11 Å². The van der Waals surface area contributed by atoms with E-state index in [9.17, 15) is 13.9 Å². The van der Waals surface area contributed by atoms with Gasteiger partial charge in [0.25, 0.3) is 0 Å². The molecule has 0 fully saturated rings. The molecule has 2 aromatic carbocycles. The topological polar surface area (TPSA) is 20.2 Å². The highest BCUT2D eigenvalue weighted by Crippen LogP contribution is 2.23. The van der Waals surface area contributed by atoms with Gasteiger partial charge in [-0.15, -0.1) is 0 Å². The van der Waals surface area contributed by atoms with Crippen LogP contribution in [-0.4, -0.2) is 11.2 Å². The molecular formula is C15H12BrClF2O. The fourth-order valence-corrected chi connectivity index (χ4v) is 2.70. The Morgan fingerprint density at radius 3 is 2.35 bits per heavy atom. The summed E-state index contributed by atoms with van der Waals surface area (Å²) in [5.74, 6) is -1.28. The van der Waals surface area contributed by atoms with E-state index in [-0.39, 0.29) is 12.0 Å². The van der Waals surface area contributed by atoms with Crippen LogP contribution in [0.5, 0.6) is 0 Å². The molecule has 0 saturated carbocycles. The zero-order chi connectivity index (χ0) is 14.7. The standard InChI is InChI=1S/C15H12BrClF2O/c16-11-3-1-9(14(17)7-11)5-13(20)6-10-2-4-12(18)8-15(10)19/h1-4,7-8,13,20H,5-6H2. The van der Waals surface area contributed by atoms with E-state index in [1.165, 1.54) is 12.1 Å². The van der Waals surface area contributed by atoms with Crippen LogP contribution in [0.3, 0.4) is 0 Å². The van der Waals surface area contributed by atoms with E-state index >= 15 is 0 Å². The molecule has 5 heteroatoms. The number of benzene rings is 2. The number of aliphatic hydroxyl groups excluding tert-OH is 1. The van der Waals surface area contributed by atoms with Gasteiger partial charge in [-0.3, -0.25) is 0 Å². The van der Waals surface area contributed by atoms with E-state index in [2.05, 4.69) is 15.9 Å². The molecule has 0 spiro atoms. The molecule has 20 heavy (non-hydrogen) atoms. The van der Waals surface area contributed by atoms with Gasteiger partial charge in [0.05, 0.1) is 6.10 Å². The second kappa shape index (κ2) is 6.66. The van der Waals surface area contributed by atoms with Crippen molar-refractivity contribution in [1.82, 2.24) is 0 Å². The number of rotatable bonds is 4. The van der Waals surface area contributed by atoms with Crippen molar-refractivity contribution in [2.45, 2.75) is 18.9 Å². The Balaban J connectivity index is 2.07. The van der Waals surface area contributed by atoms with Crippen molar-refractivity contribution >= 4 is 27.5 Å². The number of halogens is 4. The molecule has 0 radical (unpaired) electrons. The fraction of sp³-hybridized carbons (Fsp3) is 0.200. The quantitative estimate of drug-likeness (QED) is 0.848. The molecule has 1 N–H and O–H groups in total. The summed E-state index contributed by atoms with van der Waals surface area (Å²) < 4.78 is 27.1. The van der Waals surface area contributed by atoms with Crippen LogP contribution in [0, 0.1) is 11.6 Å². The monoisotopic (exact) mass is 360 g/mol. The molecule has 2 aromatic rings. The smallest absolute Gasteiger partial charge is 0.129 e. The lowest BCUT2D eigenvalue weighted by molar-refractivity contribution is 0.174. The lowest BCUT2D eigenvalue weighted by atomic mass is 10.0. The van der Waals surface area contributed by atoms with E-state index < -0.39 is 17.7 Å². The molecule has 1 atom stereocenters. The molecule has 0 amide bonds. The molecule has 0 heterocycles. The van der Waals surface area contributed by atoms with Crippen LogP contribution in [0.4, 0.5) is 8.78 Å². The highest BCUT2D eigenvalue weighted by molar-refractivity contribution is 9.10. The lowest BCUT2D eigenvalue weighted by Crippen LogP contribution is -2.15. The molecule has 2 rings (SSSR count). The minimum Gasteiger partial charge on any atom is -0.392 e. The zero-order valence-electron chi connectivity index (χ0n) is 10.4. The van der Waals surface area contributed by atoms with Gasteiger partial charge in [0, 0.05) is 28.4 Å². The Labute approximate surface area is 129 Å². The van der Waals surface area contributed by atoms with Crippen LogP contribution in [0.2, 0.25) is 5.02 Å². The average Bonchev–Trinajstić information content (AvgIpc) is 2.36. The highest BCUT2D eigenvalue weighted by Gasteiger charge is 2.13. The number of aliphatic hydroxyl groups is 1. The normalized spacial score (nSPS) is 12.4. The number of hydrogen-bond donors (Lipinski definition) is 1. The Morgan fingerprint density at radius 2 is 1.70 bits per heavy atom. The average molecular weight is 362 g/mol. The lowest BCUT2D eigenvalue weighted by Gasteiger charge is -2.13. The molecule has 1 nitrogen and oxygen atoms in total. The van der Waals surface area contributed by atoms with Crippen LogP contribution in [0.1, 0.15) is 11.1 Å². The summed E-state index contributed by atoms with van der Waals surface area (Å²) in [6.45, 7) is 0. The summed E-state index contributed by atoms with van der Waals surface area (Å²) in [5, 5.41) is 10.6. The largest absolute Gasteiger partial charge is 0.392 e. The Morgan fingerprint density at radius 1 is 1.05 bits per heavy atom. The van der Waals surface area contributed by atoms with Crippen molar-refractivity contribution < 1.29 is 13.9 Å². The van der Waals surface area contributed by atoms with Gasteiger partial charge in [-0.1, -0.05) is 39.7 Å². The van der Waals surface area contributed by atoms with E-state index in [1.807, 2.05) is 6.07 Å². The Hall–Kier alpha value is -0.970. The van der Waals surface area contributed by atoms with Gasteiger partial charge in [0.15, 0.2) is 0 Å². The van der Waals surface area contributed by atoms with E-state index in [1.54, 1.807) is 12.1 Å². The first-order chi connectivity index (χ1) is 9.45. The van der Waals surface area contributed by atoms with E-state index in [4.69, 9.17) is 11.6 Å². The first kappa shape index (κ1) is 15.4. The fourth-order valence-electron chi connectivity index (χ4n) is 1.95. The second-order valence-electron chi connectivity index (χ2n) is 4.53. The SMILES string of the molecule is OC(Cc1ccc(F)cc1F)Cc1ccc(Br)cc1Cl. The Bertz CT molecular complexity index is 565. The molecule has 0 saturated heterocycles. The number of hydrogen-bond acceptors (Lipinski definition) is 1. The molecule has 0 aliphatic rings. The third-order valence-corrected chi connectivity index (χ3v) is 3.79. The summed E-state index contributed by atoms with van der Waals surface area (Å²) in [6, 6.07) is 8.70. The van der Waals surface area contributed by atoms with Gasteiger partial charge in [-0.2, -0.15) is 0 Å². The highest BCUT2D eigenvalue weighted by atomic mass is 79.9. The molecular weight excluding hydrogens is 350 g/mol. The van der Waals surface area contributed by atoms with Gasteiger partial charge in [-0.25, -0.2) is 8.78 Å². The van der Waals surface area contributed by atoms with Crippen LogP contribution < -0.4 is 0 Å². The van der Waals surface area contributed by atoms with Crippen LogP contribution in [0.25, 0.3) is 0 Å². The minimum atomic E-state index is -0.784. The molecule has 0 aliphatic heterocycles. The molecule has 0 aromatic heterocycles. The van der Waals surface area contributed by atoms with Gasteiger partial charge in [0.1, 0.15) is 11.6 Å². The summed E-state index contributed by atoms with van der Waals surface area (Å²) >= 11 is 9.36. The first-order valence-corrected chi connectivity index (χ1v) is 7.18. The van der Waals surface area contributed by atoms with Crippen molar-refractivity contribution in [3.8, 4) is 0 Å². The van der Waals surface area contributed by atoms with Gasteiger partial charge in [0.2, 0.25) is 0 Å². The summed E-state index contributed by atoms with van der Waals surface area (Å²) in [5.41, 5.74) is 1.07. The van der Waals surface area contributed by atoms with E-state index in [0.29, 0.717) is 11.4 Å². The zero-order valence-corrected chi connectivity index (χ0v) is 12.8. The molecule has 106 valence electrons. The minimum absolute atomic E-state index is 0.110. The van der Waals surface area contributed by atoms with Crippen LogP contribution in [0.15, 0.2) is 40.9 Å². The molecule has 1 unspecified atom stereocenters. The first-order valence-electron chi connectivity index (χ1n) is 6.01. The maximum atomic E-state index is 13.5. The van der Waals surface area contributed by atoms with E-state index in [0.717, 1.165) is 16.1 Å². The summed E-state index contributed by atoms with van der Waals surface area (Å²) in [4.78, 5) is 0. The summed E-state index contributed by atoms with van der Waals surface area (Å²) in [6.07, 6.45) is -0.366. The maximum absolute atomic E-state index is 13.5. The van der Waals surface area contributed by atoms with Crippen LogP contribution >= 0.6 is 27.5 Å². The maximum Gasteiger partial charge on any atom is 0.129 e. The van der Waals surface area contributed by atoms with Crippen molar-refractivity contribution in [3.05, 3.63) is 68.7 Å². The molecule has 0 bridgehead atoms. The van der Waals surface area contributed by atoms with Crippen molar-refractivity contribution in [2.75, 3.05) is 0 Å². The summed E-state index contributed by atoms with van der Waals surface area (Å²) in [7, 11) is 0.